The normalized spacial score (nSPS) is 29.8. The summed E-state index contributed by atoms with van der Waals surface area (Å²) in [5.41, 5.74) is 1.60. The van der Waals surface area contributed by atoms with E-state index in [2.05, 4.69) is 23.2 Å². The SMILES string of the molecule is CCCN1CCC2(C1)NCCc1occc12. The van der Waals surface area contributed by atoms with Gasteiger partial charge in [-0.3, -0.25) is 0 Å². The number of hydrogen-bond donors (Lipinski definition) is 1. The lowest BCUT2D eigenvalue weighted by Crippen LogP contribution is -2.48. The van der Waals surface area contributed by atoms with Crippen molar-refractivity contribution in [2.75, 3.05) is 26.2 Å². The molecule has 0 saturated carbocycles. The zero-order valence-corrected chi connectivity index (χ0v) is 9.96. The summed E-state index contributed by atoms with van der Waals surface area (Å²) < 4.78 is 5.58. The van der Waals surface area contributed by atoms with Crippen LogP contribution in [-0.2, 0) is 12.0 Å². The van der Waals surface area contributed by atoms with E-state index >= 15 is 0 Å². The van der Waals surface area contributed by atoms with E-state index in [4.69, 9.17) is 4.42 Å². The highest BCUT2D eigenvalue weighted by molar-refractivity contribution is 5.31. The zero-order chi connectivity index (χ0) is 11.0. The number of nitrogens with one attached hydrogen (secondary N) is 1. The van der Waals surface area contributed by atoms with Gasteiger partial charge in [0.1, 0.15) is 5.76 Å². The van der Waals surface area contributed by atoms with Crippen molar-refractivity contribution in [1.29, 1.82) is 0 Å². The minimum absolute atomic E-state index is 0.190. The van der Waals surface area contributed by atoms with Crippen molar-refractivity contribution in [3.63, 3.8) is 0 Å². The van der Waals surface area contributed by atoms with Crippen LogP contribution in [0, 0.1) is 0 Å². The maximum absolute atomic E-state index is 5.58. The van der Waals surface area contributed by atoms with Gasteiger partial charge in [-0.05, 0) is 25.5 Å². The number of fused-ring (bicyclic) bond motifs is 2. The first-order valence-electron chi connectivity index (χ1n) is 6.38. The highest BCUT2D eigenvalue weighted by atomic mass is 16.3. The second-order valence-corrected chi connectivity index (χ2v) is 5.04. The summed E-state index contributed by atoms with van der Waals surface area (Å²) in [4.78, 5) is 2.56. The molecule has 3 heteroatoms. The van der Waals surface area contributed by atoms with Crippen LogP contribution in [0.5, 0.6) is 0 Å². The molecule has 1 saturated heterocycles. The van der Waals surface area contributed by atoms with E-state index in [1.807, 2.05) is 6.26 Å². The quantitative estimate of drug-likeness (QED) is 0.823. The van der Waals surface area contributed by atoms with Crippen LogP contribution >= 0.6 is 0 Å². The monoisotopic (exact) mass is 220 g/mol. The van der Waals surface area contributed by atoms with Gasteiger partial charge >= 0.3 is 0 Å². The Morgan fingerprint density at radius 3 is 3.38 bits per heavy atom. The first kappa shape index (κ1) is 10.4. The van der Waals surface area contributed by atoms with Crippen LogP contribution in [0.2, 0.25) is 0 Å². The molecular weight excluding hydrogens is 200 g/mol. The molecule has 0 radical (unpaired) electrons. The molecule has 3 heterocycles. The van der Waals surface area contributed by atoms with Crippen LogP contribution in [0.25, 0.3) is 0 Å². The molecule has 88 valence electrons. The molecule has 1 unspecified atom stereocenters. The summed E-state index contributed by atoms with van der Waals surface area (Å²) in [6.45, 7) is 6.89. The summed E-state index contributed by atoms with van der Waals surface area (Å²) in [6, 6.07) is 2.16. The Labute approximate surface area is 96.8 Å². The summed E-state index contributed by atoms with van der Waals surface area (Å²) in [5.74, 6) is 1.21. The van der Waals surface area contributed by atoms with Crippen LogP contribution in [0.1, 0.15) is 31.1 Å². The fraction of sp³-hybridized carbons (Fsp3) is 0.692. The molecule has 1 atom stereocenters. The fourth-order valence-electron chi connectivity index (χ4n) is 3.23. The molecule has 1 aromatic heterocycles. The Morgan fingerprint density at radius 1 is 1.56 bits per heavy atom. The Kier molecular flexibility index (Phi) is 2.52. The lowest BCUT2D eigenvalue weighted by Gasteiger charge is -2.34. The third-order valence-electron chi connectivity index (χ3n) is 3.96. The summed E-state index contributed by atoms with van der Waals surface area (Å²) >= 11 is 0. The largest absolute Gasteiger partial charge is 0.469 e. The minimum Gasteiger partial charge on any atom is -0.469 e. The van der Waals surface area contributed by atoms with Gasteiger partial charge in [0.25, 0.3) is 0 Å². The number of hydrogen-bond acceptors (Lipinski definition) is 3. The molecule has 3 nitrogen and oxygen atoms in total. The molecule has 1 spiro atoms. The molecule has 0 aromatic carbocycles. The Balaban J connectivity index is 1.86. The molecule has 1 N–H and O–H groups in total. The van der Waals surface area contributed by atoms with Crippen molar-refractivity contribution in [3.8, 4) is 0 Å². The first-order valence-corrected chi connectivity index (χ1v) is 6.38. The van der Waals surface area contributed by atoms with E-state index in [0.29, 0.717) is 0 Å². The van der Waals surface area contributed by atoms with Gasteiger partial charge in [-0.15, -0.1) is 0 Å². The van der Waals surface area contributed by atoms with Crippen LogP contribution in [0.4, 0.5) is 0 Å². The molecule has 2 aliphatic rings. The van der Waals surface area contributed by atoms with Gasteiger partial charge in [-0.1, -0.05) is 6.92 Å². The lowest BCUT2D eigenvalue weighted by atomic mass is 9.85. The number of rotatable bonds is 2. The molecule has 16 heavy (non-hydrogen) atoms. The van der Waals surface area contributed by atoms with E-state index < -0.39 is 0 Å². The van der Waals surface area contributed by atoms with E-state index in [0.717, 1.165) is 19.5 Å². The van der Waals surface area contributed by atoms with E-state index in [-0.39, 0.29) is 5.54 Å². The van der Waals surface area contributed by atoms with Gasteiger partial charge in [-0.25, -0.2) is 0 Å². The number of nitrogens with zero attached hydrogens (tertiary/aromatic N) is 1. The standard InChI is InChI=1S/C13H20N2O/c1-2-7-15-8-5-13(10-15)11-4-9-16-12(11)3-6-14-13/h4,9,14H,2-3,5-8,10H2,1H3. The molecule has 2 aliphatic heterocycles. The van der Waals surface area contributed by atoms with Crippen molar-refractivity contribution in [2.24, 2.45) is 0 Å². The van der Waals surface area contributed by atoms with Gasteiger partial charge in [-0.2, -0.15) is 0 Å². The number of furan rings is 1. The van der Waals surface area contributed by atoms with E-state index in [1.54, 1.807) is 0 Å². The minimum atomic E-state index is 0.190. The Morgan fingerprint density at radius 2 is 2.50 bits per heavy atom. The molecule has 0 aliphatic carbocycles. The fourth-order valence-corrected chi connectivity index (χ4v) is 3.23. The van der Waals surface area contributed by atoms with Crippen molar-refractivity contribution < 1.29 is 4.42 Å². The number of likely N-dealkylation sites (tertiary alicyclic amines) is 1. The van der Waals surface area contributed by atoms with Gasteiger partial charge < -0.3 is 14.6 Å². The topological polar surface area (TPSA) is 28.4 Å². The second-order valence-electron chi connectivity index (χ2n) is 5.04. The third-order valence-corrected chi connectivity index (χ3v) is 3.96. The maximum Gasteiger partial charge on any atom is 0.110 e. The van der Waals surface area contributed by atoms with Crippen LogP contribution in [-0.4, -0.2) is 31.1 Å². The highest BCUT2D eigenvalue weighted by Crippen LogP contribution is 2.37. The average Bonchev–Trinajstić information content (AvgIpc) is 2.88. The van der Waals surface area contributed by atoms with Gasteiger partial charge in [0.15, 0.2) is 0 Å². The van der Waals surface area contributed by atoms with E-state index in [1.165, 1.54) is 37.3 Å². The summed E-state index contributed by atoms with van der Waals surface area (Å²) in [5, 5.41) is 3.72. The third kappa shape index (κ3) is 1.50. The molecular formula is C13H20N2O. The molecule has 0 amide bonds. The van der Waals surface area contributed by atoms with E-state index in [9.17, 15) is 0 Å². The van der Waals surface area contributed by atoms with Gasteiger partial charge in [0.2, 0.25) is 0 Å². The molecule has 0 bridgehead atoms. The summed E-state index contributed by atoms with van der Waals surface area (Å²) in [7, 11) is 0. The predicted molar refractivity (Wildman–Crippen MR) is 63.4 cm³/mol. The van der Waals surface area contributed by atoms with Crippen molar-refractivity contribution in [3.05, 3.63) is 23.7 Å². The van der Waals surface area contributed by atoms with Gasteiger partial charge in [0.05, 0.1) is 11.8 Å². The Bertz CT molecular complexity index is 374. The molecule has 1 aromatic rings. The maximum atomic E-state index is 5.58. The van der Waals surface area contributed by atoms with Gasteiger partial charge in [0, 0.05) is 31.6 Å². The zero-order valence-electron chi connectivity index (χ0n) is 9.96. The lowest BCUT2D eigenvalue weighted by molar-refractivity contribution is 0.267. The van der Waals surface area contributed by atoms with Crippen molar-refractivity contribution in [2.45, 2.75) is 31.7 Å². The molecule has 1 fully saturated rings. The van der Waals surface area contributed by atoms with Crippen LogP contribution < -0.4 is 5.32 Å². The second kappa shape index (κ2) is 3.90. The van der Waals surface area contributed by atoms with Crippen molar-refractivity contribution >= 4 is 0 Å². The highest BCUT2D eigenvalue weighted by Gasteiger charge is 2.43. The van der Waals surface area contributed by atoms with Crippen LogP contribution in [0.3, 0.4) is 0 Å². The molecule has 3 rings (SSSR count). The summed E-state index contributed by atoms with van der Waals surface area (Å²) in [6.07, 6.45) is 5.35. The Hall–Kier alpha value is -0.800. The van der Waals surface area contributed by atoms with Crippen LogP contribution in [0.15, 0.2) is 16.7 Å². The predicted octanol–water partition coefficient (Wildman–Crippen LogP) is 1.74. The average molecular weight is 220 g/mol. The smallest absolute Gasteiger partial charge is 0.110 e. The first-order chi connectivity index (χ1) is 7.84. The van der Waals surface area contributed by atoms with Crippen molar-refractivity contribution in [1.82, 2.24) is 10.2 Å².